The van der Waals surface area contributed by atoms with Crippen LogP contribution in [0.3, 0.4) is 0 Å². The number of carbonyl (C=O) groups excluding carboxylic acids is 1. The molecule has 0 heterocycles. The van der Waals surface area contributed by atoms with Crippen LogP contribution in [0, 0.1) is 11.7 Å². The minimum atomic E-state index is -0.983. The average molecular weight is 304 g/mol. The summed E-state index contributed by atoms with van der Waals surface area (Å²) >= 11 is 3.07. The van der Waals surface area contributed by atoms with E-state index in [9.17, 15) is 14.0 Å². The van der Waals surface area contributed by atoms with Crippen LogP contribution in [0.2, 0.25) is 0 Å². The van der Waals surface area contributed by atoms with Gasteiger partial charge in [0, 0.05) is 11.0 Å². The first-order chi connectivity index (χ1) is 7.91. The van der Waals surface area contributed by atoms with E-state index in [2.05, 4.69) is 21.2 Å². The molecule has 6 heteroatoms. The second kappa shape index (κ2) is 5.77. The van der Waals surface area contributed by atoms with E-state index >= 15 is 0 Å². The minimum absolute atomic E-state index is 0.0258. The molecule has 92 valence electrons. The van der Waals surface area contributed by atoms with Gasteiger partial charge in [0.1, 0.15) is 5.82 Å². The third-order valence-electron chi connectivity index (χ3n) is 2.17. The molecule has 1 amide bonds. The van der Waals surface area contributed by atoms with Crippen LogP contribution in [0.4, 0.5) is 4.39 Å². The summed E-state index contributed by atoms with van der Waals surface area (Å²) in [5.41, 5.74) is 0.268. The minimum Gasteiger partial charge on any atom is -0.481 e. The predicted molar refractivity (Wildman–Crippen MR) is 63.2 cm³/mol. The van der Waals surface area contributed by atoms with Gasteiger partial charge in [0.25, 0.3) is 5.91 Å². The van der Waals surface area contributed by atoms with Crippen LogP contribution >= 0.6 is 15.9 Å². The second-order valence-electron chi connectivity index (χ2n) is 3.57. The topological polar surface area (TPSA) is 66.4 Å². The molecule has 17 heavy (non-hydrogen) atoms. The molecule has 4 nitrogen and oxygen atoms in total. The van der Waals surface area contributed by atoms with Crippen molar-refractivity contribution in [1.29, 1.82) is 0 Å². The maximum Gasteiger partial charge on any atom is 0.308 e. The Balaban J connectivity index is 2.67. The van der Waals surface area contributed by atoms with Crippen LogP contribution in [-0.2, 0) is 4.79 Å². The Morgan fingerprint density at radius 1 is 1.53 bits per heavy atom. The second-order valence-corrected chi connectivity index (χ2v) is 4.43. The van der Waals surface area contributed by atoms with Crippen LogP contribution in [-0.4, -0.2) is 23.5 Å². The average Bonchev–Trinajstić information content (AvgIpc) is 2.25. The van der Waals surface area contributed by atoms with Gasteiger partial charge in [-0.1, -0.05) is 6.92 Å². The Labute approximate surface area is 106 Å². The first-order valence-corrected chi connectivity index (χ1v) is 5.67. The van der Waals surface area contributed by atoms with Crippen molar-refractivity contribution < 1.29 is 19.1 Å². The Kier molecular flexibility index (Phi) is 4.62. The Hall–Kier alpha value is -1.43. The maximum absolute atomic E-state index is 12.8. The lowest BCUT2D eigenvalue weighted by Gasteiger charge is -2.09. The summed E-state index contributed by atoms with van der Waals surface area (Å²) in [6.45, 7) is 1.51. The number of nitrogens with one attached hydrogen (secondary N) is 1. The van der Waals surface area contributed by atoms with Gasteiger partial charge in [-0.25, -0.2) is 4.39 Å². The molecule has 0 saturated carbocycles. The number of halogens is 2. The summed E-state index contributed by atoms with van der Waals surface area (Å²) in [7, 11) is 0. The molecule has 0 radical (unpaired) electrons. The Bertz CT molecular complexity index is 450. The predicted octanol–water partition coefficient (Wildman–Crippen LogP) is 2.04. The highest BCUT2D eigenvalue weighted by Gasteiger charge is 2.14. The molecule has 0 aliphatic heterocycles. The number of amides is 1. The maximum atomic E-state index is 12.8. The van der Waals surface area contributed by atoms with E-state index < -0.39 is 23.6 Å². The Morgan fingerprint density at radius 2 is 2.18 bits per heavy atom. The number of aliphatic carboxylic acids is 1. The number of benzene rings is 1. The van der Waals surface area contributed by atoms with Gasteiger partial charge in [-0.05, 0) is 34.1 Å². The summed E-state index contributed by atoms with van der Waals surface area (Å²) in [4.78, 5) is 22.2. The van der Waals surface area contributed by atoms with Crippen molar-refractivity contribution in [2.24, 2.45) is 5.92 Å². The summed E-state index contributed by atoms with van der Waals surface area (Å²) in [5, 5.41) is 11.1. The summed E-state index contributed by atoms with van der Waals surface area (Å²) in [5.74, 6) is -2.54. The third-order valence-corrected chi connectivity index (χ3v) is 2.82. The SMILES string of the molecule is CC(CNC(=O)c1ccc(F)cc1Br)C(=O)O. The van der Waals surface area contributed by atoms with Crippen LogP contribution in [0.15, 0.2) is 22.7 Å². The highest BCUT2D eigenvalue weighted by atomic mass is 79.9. The molecule has 1 aromatic rings. The lowest BCUT2D eigenvalue weighted by Crippen LogP contribution is -2.31. The lowest BCUT2D eigenvalue weighted by atomic mass is 10.1. The summed E-state index contributed by atoms with van der Waals surface area (Å²) < 4.78 is 13.1. The van der Waals surface area contributed by atoms with Gasteiger partial charge in [-0.3, -0.25) is 9.59 Å². The number of hydrogen-bond donors (Lipinski definition) is 2. The summed E-state index contributed by atoms with van der Waals surface area (Å²) in [6, 6.07) is 3.68. The molecule has 0 spiro atoms. The van der Waals surface area contributed by atoms with E-state index in [1.807, 2.05) is 0 Å². The van der Waals surface area contributed by atoms with Gasteiger partial charge in [-0.15, -0.1) is 0 Å². The highest BCUT2D eigenvalue weighted by molar-refractivity contribution is 9.10. The quantitative estimate of drug-likeness (QED) is 0.894. The molecular formula is C11H11BrFNO3. The molecule has 1 rings (SSSR count). The third kappa shape index (κ3) is 3.81. The van der Waals surface area contributed by atoms with Crippen molar-refractivity contribution >= 4 is 27.8 Å². The largest absolute Gasteiger partial charge is 0.481 e. The first-order valence-electron chi connectivity index (χ1n) is 4.88. The lowest BCUT2D eigenvalue weighted by molar-refractivity contribution is -0.140. The normalized spacial score (nSPS) is 11.9. The number of hydrogen-bond acceptors (Lipinski definition) is 2. The number of carboxylic acid groups (broad SMARTS) is 1. The summed E-state index contributed by atoms with van der Waals surface area (Å²) in [6.07, 6.45) is 0. The first kappa shape index (κ1) is 13.6. The standard InChI is InChI=1S/C11H11BrFNO3/c1-6(11(16)17)5-14-10(15)8-3-2-7(13)4-9(8)12/h2-4,6H,5H2,1H3,(H,14,15)(H,16,17). The van der Waals surface area contributed by atoms with Crippen molar-refractivity contribution in [3.63, 3.8) is 0 Å². The number of rotatable bonds is 4. The fourth-order valence-electron chi connectivity index (χ4n) is 1.10. The van der Waals surface area contributed by atoms with Gasteiger partial charge in [0.05, 0.1) is 11.5 Å². The molecule has 0 aliphatic carbocycles. The van der Waals surface area contributed by atoms with E-state index in [4.69, 9.17) is 5.11 Å². The van der Waals surface area contributed by atoms with Crippen molar-refractivity contribution in [3.8, 4) is 0 Å². The number of carbonyl (C=O) groups is 2. The van der Waals surface area contributed by atoms with Crippen molar-refractivity contribution in [2.75, 3.05) is 6.54 Å². The van der Waals surface area contributed by atoms with Crippen LogP contribution in [0.25, 0.3) is 0 Å². The number of carboxylic acids is 1. The van der Waals surface area contributed by atoms with E-state index in [-0.39, 0.29) is 12.1 Å². The zero-order valence-corrected chi connectivity index (χ0v) is 10.6. The van der Waals surface area contributed by atoms with Crippen LogP contribution in [0.1, 0.15) is 17.3 Å². The van der Waals surface area contributed by atoms with Gasteiger partial charge in [-0.2, -0.15) is 0 Å². The van der Waals surface area contributed by atoms with E-state index in [0.717, 1.165) is 0 Å². The van der Waals surface area contributed by atoms with E-state index in [1.165, 1.54) is 25.1 Å². The zero-order chi connectivity index (χ0) is 13.0. The molecule has 0 fully saturated rings. The van der Waals surface area contributed by atoms with E-state index in [1.54, 1.807) is 0 Å². The fourth-order valence-corrected chi connectivity index (χ4v) is 1.63. The molecule has 0 saturated heterocycles. The Morgan fingerprint density at radius 3 is 2.71 bits per heavy atom. The molecule has 0 bridgehead atoms. The van der Waals surface area contributed by atoms with Gasteiger partial charge >= 0.3 is 5.97 Å². The smallest absolute Gasteiger partial charge is 0.308 e. The molecule has 1 atom stereocenters. The monoisotopic (exact) mass is 303 g/mol. The molecule has 0 aliphatic rings. The highest BCUT2D eigenvalue weighted by Crippen LogP contribution is 2.17. The van der Waals surface area contributed by atoms with Crippen molar-refractivity contribution in [1.82, 2.24) is 5.32 Å². The molecule has 1 aromatic carbocycles. The fraction of sp³-hybridized carbons (Fsp3) is 0.273. The van der Waals surface area contributed by atoms with Crippen molar-refractivity contribution in [2.45, 2.75) is 6.92 Å². The van der Waals surface area contributed by atoms with Gasteiger partial charge < -0.3 is 10.4 Å². The van der Waals surface area contributed by atoms with Crippen LogP contribution in [0.5, 0.6) is 0 Å². The molecular weight excluding hydrogens is 293 g/mol. The van der Waals surface area contributed by atoms with E-state index in [0.29, 0.717) is 4.47 Å². The van der Waals surface area contributed by atoms with Gasteiger partial charge in [0.2, 0.25) is 0 Å². The van der Waals surface area contributed by atoms with Gasteiger partial charge in [0.15, 0.2) is 0 Å². The molecule has 1 unspecified atom stereocenters. The molecule has 0 aromatic heterocycles. The zero-order valence-electron chi connectivity index (χ0n) is 9.04. The van der Waals surface area contributed by atoms with Crippen molar-refractivity contribution in [3.05, 3.63) is 34.1 Å². The van der Waals surface area contributed by atoms with Crippen LogP contribution < -0.4 is 5.32 Å². The molecule has 2 N–H and O–H groups in total.